The van der Waals surface area contributed by atoms with Gasteiger partial charge < -0.3 is 15.8 Å². The van der Waals surface area contributed by atoms with E-state index in [4.69, 9.17) is 22.1 Å². The van der Waals surface area contributed by atoms with Crippen molar-refractivity contribution in [1.29, 1.82) is 0 Å². The lowest BCUT2D eigenvalue weighted by atomic mass is 10.3. The van der Waals surface area contributed by atoms with E-state index in [2.05, 4.69) is 26.2 Å². The second-order valence-corrected chi connectivity index (χ2v) is 5.45. The molecule has 0 amide bonds. The van der Waals surface area contributed by atoms with Crippen molar-refractivity contribution in [3.63, 3.8) is 0 Å². The molecule has 106 valence electrons. The molecule has 2 rings (SSSR count). The standard InChI is InChI=1S/C14H15BrClN3O/c1-2-7-20-14-12(17)5-6-13(19-14)18-9-3-4-11(16)10(15)8-9/h3-6,8H,2,7,17H2,1H3,(H,18,19). The lowest BCUT2D eigenvalue weighted by Gasteiger charge is -2.11. The molecule has 0 unspecified atom stereocenters. The van der Waals surface area contributed by atoms with Gasteiger partial charge in [-0.1, -0.05) is 18.5 Å². The Bertz CT molecular complexity index is 607. The summed E-state index contributed by atoms with van der Waals surface area (Å²) in [5.41, 5.74) is 7.23. The molecule has 0 saturated carbocycles. The first-order chi connectivity index (χ1) is 9.60. The molecule has 0 bridgehead atoms. The monoisotopic (exact) mass is 355 g/mol. The first kappa shape index (κ1) is 14.9. The van der Waals surface area contributed by atoms with Gasteiger partial charge in [0.2, 0.25) is 5.88 Å². The van der Waals surface area contributed by atoms with Crippen LogP contribution < -0.4 is 15.8 Å². The van der Waals surface area contributed by atoms with Crippen molar-refractivity contribution in [2.75, 3.05) is 17.7 Å². The zero-order chi connectivity index (χ0) is 14.5. The van der Waals surface area contributed by atoms with E-state index in [0.717, 1.165) is 16.6 Å². The summed E-state index contributed by atoms with van der Waals surface area (Å²) in [4.78, 5) is 4.35. The second-order valence-electron chi connectivity index (χ2n) is 4.19. The summed E-state index contributed by atoms with van der Waals surface area (Å²) in [5.74, 6) is 1.12. The van der Waals surface area contributed by atoms with E-state index in [1.807, 2.05) is 19.1 Å². The largest absolute Gasteiger partial charge is 0.476 e. The first-order valence-electron chi connectivity index (χ1n) is 6.21. The molecular formula is C14H15BrClN3O. The van der Waals surface area contributed by atoms with Gasteiger partial charge in [-0.05, 0) is 52.7 Å². The number of hydrogen-bond donors (Lipinski definition) is 2. The summed E-state index contributed by atoms with van der Waals surface area (Å²) in [6.45, 7) is 2.62. The number of rotatable bonds is 5. The Morgan fingerprint density at radius 1 is 1.35 bits per heavy atom. The first-order valence-corrected chi connectivity index (χ1v) is 7.38. The number of nitrogens with one attached hydrogen (secondary N) is 1. The Kier molecular flexibility index (Phi) is 5.09. The highest BCUT2D eigenvalue weighted by Crippen LogP contribution is 2.28. The Morgan fingerprint density at radius 2 is 2.15 bits per heavy atom. The average Bonchev–Trinajstić information content (AvgIpc) is 2.43. The fourth-order valence-electron chi connectivity index (χ4n) is 1.56. The molecular weight excluding hydrogens is 342 g/mol. The van der Waals surface area contributed by atoms with Crippen LogP contribution in [0.25, 0.3) is 0 Å². The Hall–Kier alpha value is -1.46. The van der Waals surface area contributed by atoms with Crippen LogP contribution in [0.4, 0.5) is 17.2 Å². The molecule has 0 spiro atoms. The van der Waals surface area contributed by atoms with Crippen molar-refractivity contribution in [1.82, 2.24) is 4.98 Å². The Balaban J connectivity index is 2.18. The molecule has 0 atom stereocenters. The minimum Gasteiger partial charge on any atom is -0.476 e. The molecule has 4 nitrogen and oxygen atoms in total. The highest BCUT2D eigenvalue weighted by atomic mass is 79.9. The van der Waals surface area contributed by atoms with E-state index in [0.29, 0.717) is 29.0 Å². The molecule has 1 heterocycles. The summed E-state index contributed by atoms with van der Waals surface area (Å²) in [6, 6.07) is 9.13. The molecule has 0 radical (unpaired) electrons. The van der Waals surface area contributed by atoms with Gasteiger partial charge in [-0.25, -0.2) is 0 Å². The van der Waals surface area contributed by atoms with Crippen LogP contribution >= 0.6 is 27.5 Å². The number of nitrogens with zero attached hydrogens (tertiary/aromatic N) is 1. The minimum absolute atomic E-state index is 0.449. The maximum Gasteiger partial charge on any atom is 0.239 e. The van der Waals surface area contributed by atoms with Crippen LogP contribution in [0.3, 0.4) is 0 Å². The van der Waals surface area contributed by atoms with Crippen LogP contribution in [0, 0.1) is 0 Å². The third kappa shape index (κ3) is 3.77. The summed E-state index contributed by atoms with van der Waals surface area (Å²) in [5, 5.41) is 3.84. The summed E-state index contributed by atoms with van der Waals surface area (Å²) in [6.07, 6.45) is 0.906. The third-order valence-electron chi connectivity index (χ3n) is 2.52. The number of hydrogen-bond acceptors (Lipinski definition) is 4. The number of aromatic nitrogens is 1. The van der Waals surface area contributed by atoms with Gasteiger partial charge in [0.25, 0.3) is 0 Å². The quantitative estimate of drug-likeness (QED) is 0.821. The lowest BCUT2D eigenvalue weighted by molar-refractivity contribution is 0.307. The molecule has 20 heavy (non-hydrogen) atoms. The van der Waals surface area contributed by atoms with E-state index >= 15 is 0 Å². The Labute approximate surface area is 131 Å². The van der Waals surface area contributed by atoms with Gasteiger partial charge in [0.05, 0.1) is 17.3 Å². The maximum absolute atomic E-state index is 5.96. The van der Waals surface area contributed by atoms with E-state index in [-0.39, 0.29) is 0 Å². The zero-order valence-corrected chi connectivity index (χ0v) is 13.3. The minimum atomic E-state index is 0.449. The van der Waals surface area contributed by atoms with Crippen LogP contribution in [-0.2, 0) is 0 Å². The number of ether oxygens (including phenoxy) is 1. The van der Waals surface area contributed by atoms with Crippen molar-refractivity contribution >= 4 is 44.7 Å². The van der Waals surface area contributed by atoms with Crippen molar-refractivity contribution in [2.45, 2.75) is 13.3 Å². The average molecular weight is 357 g/mol. The highest BCUT2D eigenvalue weighted by Gasteiger charge is 2.05. The fraction of sp³-hybridized carbons (Fsp3) is 0.214. The van der Waals surface area contributed by atoms with Crippen molar-refractivity contribution in [2.24, 2.45) is 0 Å². The summed E-state index contributed by atoms with van der Waals surface area (Å²) < 4.78 is 6.32. The van der Waals surface area contributed by atoms with Crippen LogP contribution in [0.5, 0.6) is 5.88 Å². The SMILES string of the molecule is CCCOc1nc(Nc2ccc(Cl)c(Br)c2)ccc1N. The third-order valence-corrected chi connectivity index (χ3v) is 3.74. The van der Waals surface area contributed by atoms with Crippen LogP contribution in [0.15, 0.2) is 34.8 Å². The topological polar surface area (TPSA) is 60.2 Å². The smallest absolute Gasteiger partial charge is 0.239 e. The van der Waals surface area contributed by atoms with Crippen molar-refractivity contribution in [3.05, 3.63) is 39.8 Å². The molecule has 0 aliphatic rings. The number of anilines is 3. The number of benzene rings is 1. The van der Waals surface area contributed by atoms with E-state index < -0.39 is 0 Å². The second kappa shape index (κ2) is 6.81. The van der Waals surface area contributed by atoms with Crippen LogP contribution in [0.1, 0.15) is 13.3 Å². The molecule has 1 aromatic carbocycles. The molecule has 0 saturated heterocycles. The number of nitrogen functional groups attached to an aromatic ring is 1. The van der Waals surface area contributed by atoms with E-state index in [9.17, 15) is 0 Å². The van der Waals surface area contributed by atoms with Crippen LogP contribution in [-0.4, -0.2) is 11.6 Å². The number of nitrogens with two attached hydrogens (primary N) is 1. The van der Waals surface area contributed by atoms with Crippen molar-refractivity contribution in [3.8, 4) is 5.88 Å². The predicted octanol–water partition coefficient (Wildman–Crippen LogP) is 4.61. The number of pyridine rings is 1. The summed E-state index contributed by atoms with van der Waals surface area (Å²) in [7, 11) is 0. The fourth-order valence-corrected chi connectivity index (χ4v) is 2.05. The predicted molar refractivity (Wildman–Crippen MR) is 86.9 cm³/mol. The summed E-state index contributed by atoms with van der Waals surface area (Å²) >= 11 is 9.34. The van der Waals surface area contributed by atoms with Gasteiger partial charge in [-0.2, -0.15) is 4.98 Å². The van der Waals surface area contributed by atoms with Gasteiger partial charge in [-0.15, -0.1) is 0 Å². The zero-order valence-electron chi connectivity index (χ0n) is 11.0. The van der Waals surface area contributed by atoms with Gasteiger partial charge >= 0.3 is 0 Å². The maximum atomic E-state index is 5.96. The van der Waals surface area contributed by atoms with E-state index in [1.165, 1.54) is 0 Å². The molecule has 6 heteroatoms. The van der Waals surface area contributed by atoms with Gasteiger partial charge in [-0.3, -0.25) is 0 Å². The molecule has 3 N–H and O–H groups in total. The van der Waals surface area contributed by atoms with Crippen LogP contribution in [0.2, 0.25) is 5.02 Å². The number of halogens is 2. The highest BCUT2D eigenvalue weighted by molar-refractivity contribution is 9.10. The Morgan fingerprint density at radius 3 is 2.85 bits per heavy atom. The lowest BCUT2D eigenvalue weighted by Crippen LogP contribution is -2.03. The molecule has 2 aromatic rings. The van der Waals surface area contributed by atoms with E-state index in [1.54, 1.807) is 18.2 Å². The molecule has 0 aliphatic carbocycles. The van der Waals surface area contributed by atoms with Crippen molar-refractivity contribution < 1.29 is 4.74 Å². The molecule has 1 aromatic heterocycles. The van der Waals surface area contributed by atoms with Gasteiger partial charge in [0.1, 0.15) is 5.82 Å². The molecule has 0 aliphatic heterocycles. The van der Waals surface area contributed by atoms with Gasteiger partial charge in [0, 0.05) is 10.2 Å². The normalized spacial score (nSPS) is 10.3. The van der Waals surface area contributed by atoms with Gasteiger partial charge in [0.15, 0.2) is 0 Å². The molecule has 0 fully saturated rings.